The van der Waals surface area contributed by atoms with Crippen LogP contribution in [0.15, 0.2) is 18.2 Å². The van der Waals surface area contributed by atoms with E-state index in [0.717, 1.165) is 6.42 Å². The molecular weight excluding hydrogens is 314 g/mol. The molecule has 1 unspecified atom stereocenters. The van der Waals surface area contributed by atoms with Crippen molar-refractivity contribution in [2.24, 2.45) is 5.92 Å². The maximum atomic E-state index is 12.4. The Morgan fingerprint density at radius 1 is 1.25 bits per heavy atom. The fourth-order valence-corrected chi connectivity index (χ4v) is 1.92. The van der Waals surface area contributed by atoms with E-state index in [1.807, 2.05) is 0 Å². The molecule has 0 radical (unpaired) electrons. The summed E-state index contributed by atoms with van der Waals surface area (Å²) in [5.74, 6) is -0.333. The molecule has 7 heteroatoms. The molecule has 0 fully saturated rings. The number of carboxylic acid groups (broad SMARTS) is 1. The summed E-state index contributed by atoms with van der Waals surface area (Å²) in [6.45, 7) is 4.47. The van der Waals surface area contributed by atoms with Crippen LogP contribution in [0.5, 0.6) is 11.5 Å². The van der Waals surface area contributed by atoms with E-state index in [1.54, 1.807) is 18.2 Å². The SMILES string of the molecule is COCC(NC(=O)c1ccc(OC)cc1OCCC(C)C)C(=O)O. The minimum Gasteiger partial charge on any atom is -0.497 e. The van der Waals surface area contributed by atoms with E-state index in [4.69, 9.17) is 19.3 Å². The Hall–Kier alpha value is -2.28. The third-order valence-electron chi connectivity index (χ3n) is 3.32. The predicted molar refractivity (Wildman–Crippen MR) is 88.7 cm³/mol. The normalized spacial score (nSPS) is 11.9. The summed E-state index contributed by atoms with van der Waals surface area (Å²) in [4.78, 5) is 23.5. The van der Waals surface area contributed by atoms with Crippen LogP contribution in [0.1, 0.15) is 30.6 Å². The Labute approximate surface area is 141 Å². The number of hydrogen-bond acceptors (Lipinski definition) is 5. The highest BCUT2D eigenvalue weighted by Gasteiger charge is 2.22. The smallest absolute Gasteiger partial charge is 0.328 e. The number of ether oxygens (including phenoxy) is 3. The Balaban J connectivity index is 2.94. The summed E-state index contributed by atoms with van der Waals surface area (Å²) in [6.07, 6.45) is 0.833. The van der Waals surface area contributed by atoms with Crippen LogP contribution in [0.2, 0.25) is 0 Å². The van der Waals surface area contributed by atoms with Gasteiger partial charge in [-0.25, -0.2) is 4.79 Å². The summed E-state index contributed by atoms with van der Waals surface area (Å²) in [6, 6.07) is 3.65. The molecule has 134 valence electrons. The van der Waals surface area contributed by atoms with E-state index >= 15 is 0 Å². The third-order valence-corrected chi connectivity index (χ3v) is 3.32. The quantitative estimate of drug-likeness (QED) is 0.677. The van der Waals surface area contributed by atoms with Crippen LogP contribution in [-0.2, 0) is 9.53 Å². The van der Waals surface area contributed by atoms with Gasteiger partial charge >= 0.3 is 5.97 Å². The van der Waals surface area contributed by atoms with Crippen molar-refractivity contribution in [1.29, 1.82) is 0 Å². The van der Waals surface area contributed by atoms with Crippen molar-refractivity contribution in [2.75, 3.05) is 27.4 Å². The molecule has 1 rings (SSSR count). The first kappa shape index (κ1) is 19.8. The number of carbonyl (C=O) groups is 2. The first-order valence-corrected chi connectivity index (χ1v) is 7.72. The summed E-state index contributed by atoms with van der Waals surface area (Å²) in [5.41, 5.74) is 0.252. The van der Waals surface area contributed by atoms with Gasteiger partial charge < -0.3 is 24.6 Å². The molecule has 0 saturated heterocycles. The Morgan fingerprint density at radius 3 is 2.50 bits per heavy atom. The lowest BCUT2D eigenvalue weighted by Crippen LogP contribution is -2.43. The average Bonchev–Trinajstić information content (AvgIpc) is 2.53. The molecule has 24 heavy (non-hydrogen) atoms. The van der Waals surface area contributed by atoms with Gasteiger partial charge in [-0.1, -0.05) is 13.8 Å². The third kappa shape index (κ3) is 6.08. The second kappa shape index (κ2) is 9.77. The standard InChI is InChI=1S/C17H25NO6/c1-11(2)7-8-24-15-9-12(23-4)5-6-13(15)16(19)18-14(10-22-3)17(20)21/h5-6,9,11,14H,7-8,10H2,1-4H3,(H,18,19)(H,20,21). The van der Waals surface area contributed by atoms with Gasteiger partial charge in [-0.05, 0) is 24.5 Å². The molecule has 0 aliphatic heterocycles. The first-order valence-electron chi connectivity index (χ1n) is 7.72. The lowest BCUT2D eigenvalue weighted by atomic mass is 10.1. The zero-order chi connectivity index (χ0) is 18.1. The fraction of sp³-hybridized carbons (Fsp3) is 0.529. The van der Waals surface area contributed by atoms with Crippen molar-refractivity contribution in [3.63, 3.8) is 0 Å². The van der Waals surface area contributed by atoms with Gasteiger partial charge in [0.25, 0.3) is 5.91 Å². The van der Waals surface area contributed by atoms with Gasteiger partial charge in [0.2, 0.25) is 0 Å². The Bertz CT molecular complexity index is 558. The molecule has 0 spiro atoms. The van der Waals surface area contributed by atoms with Crippen LogP contribution < -0.4 is 14.8 Å². The van der Waals surface area contributed by atoms with E-state index < -0.39 is 17.9 Å². The van der Waals surface area contributed by atoms with Gasteiger partial charge in [0.05, 0.1) is 25.9 Å². The largest absolute Gasteiger partial charge is 0.497 e. The molecule has 2 N–H and O–H groups in total. The highest BCUT2D eigenvalue weighted by atomic mass is 16.5. The zero-order valence-corrected chi connectivity index (χ0v) is 14.5. The number of carbonyl (C=O) groups excluding carboxylic acids is 1. The predicted octanol–water partition coefficient (Wildman–Crippen LogP) is 1.95. The van der Waals surface area contributed by atoms with Crippen molar-refractivity contribution in [3.05, 3.63) is 23.8 Å². The molecule has 1 amide bonds. The highest BCUT2D eigenvalue weighted by Crippen LogP contribution is 2.25. The summed E-state index contributed by atoms with van der Waals surface area (Å²) < 4.78 is 15.7. The minimum atomic E-state index is -1.17. The second-order valence-electron chi connectivity index (χ2n) is 5.71. The lowest BCUT2D eigenvalue weighted by molar-refractivity contribution is -0.140. The van der Waals surface area contributed by atoms with Crippen molar-refractivity contribution < 1.29 is 28.9 Å². The van der Waals surface area contributed by atoms with Crippen molar-refractivity contribution in [3.8, 4) is 11.5 Å². The fourth-order valence-electron chi connectivity index (χ4n) is 1.92. The molecule has 0 heterocycles. The van der Waals surface area contributed by atoms with Crippen LogP contribution in [0.25, 0.3) is 0 Å². The molecule has 0 bridgehead atoms. The van der Waals surface area contributed by atoms with E-state index in [2.05, 4.69) is 19.2 Å². The van der Waals surface area contributed by atoms with Gasteiger partial charge in [-0.2, -0.15) is 0 Å². The van der Waals surface area contributed by atoms with Crippen molar-refractivity contribution in [2.45, 2.75) is 26.3 Å². The highest BCUT2D eigenvalue weighted by molar-refractivity contribution is 5.99. The number of nitrogens with one attached hydrogen (secondary N) is 1. The molecule has 0 aliphatic carbocycles. The number of hydrogen-bond donors (Lipinski definition) is 2. The van der Waals surface area contributed by atoms with Gasteiger partial charge in [-0.3, -0.25) is 4.79 Å². The van der Waals surface area contributed by atoms with Gasteiger partial charge in [0, 0.05) is 13.2 Å². The van der Waals surface area contributed by atoms with Crippen LogP contribution in [0.4, 0.5) is 0 Å². The molecule has 0 saturated carbocycles. The second-order valence-corrected chi connectivity index (χ2v) is 5.71. The Kier molecular flexibility index (Phi) is 8.05. The van der Waals surface area contributed by atoms with Crippen molar-refractivity contribution >= 4 is 11.9 Å². The molecule has 1 atom stereocenters. The minimum absolute atomic E-state index is 0.124. The maximum absolute atomic E-state index is 12.4. The molecule has 1 aromatic carbocycles. The Morgan fingerprint density at radius 2 is 1.96 bits per heavy atom. The van der Waals surface area contributed by atoms with Crippen LogP contribution in [0, 0.1) is 5.92 Å². The monoisotopic (exact) mass is 339 g/mol. The molecular formula is C17H25NO6. The van der Waals surface area contributed by atoms with Crippen LogP contribution in [0.3, 0.4) is 0 Å². The number of rotatable bonds is 10. The van der Waals surface area contributed by atoms with E-state index in [-0.39, 0.29) is 12.2 Å². The molecule has 1 aromatic rings. The van der Waals surface area contributed by atoms with Crippen molar-refractivity contribution in [1.82, 2.24) is 5.32 Å². The number of methoxy groups -OCH3 is 2. The number of carboxylic acids is 1. The molecule has 0 aromatic heterocycles. The zero-order valence-electron chi connectivity index (χ0n) is 14.5. The van der Waals surface area contributed by atoms with E-state index in [1.165, 1.54) is 14.2 Å². The number of amides is 1. The number of benzene rings is 1. The summed E-state index contributed by atoms with van der Waals surface area (Å²) in [7, 11) is 2.89. The van der Waals surface area contributed by atoms with Crippen LogP contribution in [-0.4, -0.2) is 50.5 Å². The summed E-state index contributed by atoms with van der Waals surface area (Å²) in [5, 5.41) is 11.5. The maximum Gasteiger partial charge on any atom is 0.328 e. The molecule has 7 nitrogen and oxygen atoms in total. The van der Waals surface area contributed by atoms with E-state index in [0.29, 0.717) is 24.0 Å². The average molecular weight is 339 g/mol. The lowest BCUT2D eigenvalue weighted by Gasteiger charge is -2.16. The van der Waals surface area contributed by atoms with Gasteiger partial charge in [-0.15, -0.1) is 0 Å². The van der Waals surface area contributed by atoms with Gasteiger partial charge in [0.1, 0.15) is 11.5 Å². The summed E-state index contributed by atoms with van der Waals surface area (Å²) >= 11 is 0. The first-order chi connectivity index (χ1) is 11.4. The molecule has 0 aliphatic rings. The topological polar surface area (TPSA) is 94.1 Å². The van der Waals surface area contributed by atoms with E-state index in [9.17, 15) is 9.59 Å². The van der Waals surface area contributed by atoms with Gasteiger partial charge in [0.15, 0.2) is 6.04 Å². The number of aliphatic carboxylic acids is 1. The van der Waals surface area contributed by atoms with Crippen LogP contribution >= 0.6 is 0 Å².